The standard InChI is InChI=1S/C18H17Cl2NOS/c19-15-8-6-13(7-9-15)17-18(14-2-1-3-16(20)10-14)22-23-21(17)11-12-4-5-12/h1-3,6-10,12,17-18H,4-5,11H2/t17-,18-/m1/s1. The predicted octanol–water partition coefficient (Wildman–Crippen LogP) is 6.08. The predicted molar refractivity (Wildman–Crippen MR) is 96.5 cm³/mol. The summed E-state index contributed by atoms with van der Waals surface area (Å²) in [6.07, 6.45) is 2.62. The minimum Gasteiger partial charge on any atom is -0.291 e. The molecule has 0 radical (unpaired) electrons. The average Bonchev–Trinajstić information content (AvgIpc) is 3.26. The average molecular weight is 366 g/mol. The second-order valence-electron chi connectivity index (χ2n) is 6.19. The monoisotopic (exact) mass is 365 g/mol. The summed E-state index contributed by atoms with van der Waals surface area (Å²) in [5.74, 6) is 0.805. The lowest BCUT2D eigenvalue weighted by atomic mass is 9.95. The van der Waals surface area contributed by atoms with Gasteiger partial charge in [0.05, 0.1) is 18.3 Å². The molecule has 0 amide bonds. The summed E-state index contributed by atoms with van der Waals surface area (Å²) in [5.41, 5.74) is 2.34. The lowest BCUT2D eigenvalue weighted by Gasteiger charge is -2.25. The van der Waals surface area contributed by atoms with Gasteiger partial charge in [-0.25, -0.2) is 4.31 Å². The molecule has 1 saturated heterocycles. The van der Waals surface area contributed by atoms with Crippen molar-refractivity contribution in [2.45, 2.75) is 25.0 Å². The van der Waals surface area contributed by atoms with Gasteiger partial charge in [-0.3, -0.25) is 4.18 Å². The summed E-state index contributed by atoms with van der Waals surface area (Å²) in [4.78, 5) is 0. The molecule has 120 valence electrons. The molecule has 0 spiro atoms. The Morgan fingerprint density at radius 3 is 2.48 bits per heavy atom. The van der Waals surface area contributed by atoms with Crippen LogP contribution in [0.25, 0.3) is 0 Å². The summed E-state index contributed by atoms with van der Waals surface area (Å²) in [6, 6.07) is 16.2. The lowest BCUT2D eigenvalue weighted by Crippen LogP contribution is -2.23. The second kappa shape index (κ2) is 6.66. The largest absolute Gasteiger partial charge is 0.291 e. The summed E-state index contributed by atoms with van der Waals surface area (Å²) >= 11 is 13.7. The number of benzene rings is 2. The Bertz CT molecular complexity index is 690. The van der Waals surface area contributed by atoms with Crippen LogP contribution in [-0.4, -0.2) is 10.8 Å². The first-order valence-electron chi connectivity index (χ1n) is 7.82. The third-order valence-electron chi connectivity index (χ3n) is 4.36. The minimum absolute atomic E-state index is 0.0291. The van der Waals surface area contributed by atoms with Crippen LogP contribution in [0.4, 0.5) is 0 Å². The summed E-state index contributed by atoms with van der Waals surface area (Å²) in [7, 11) is 0. The molecule has 2 aliphatic rings. The van der Waals surface area contributed by atoms with E-state index in [9.17, 15) is 0 Å². The van der Waals surface area contributed by atoms with Crippen molar-refractivity contribution in [2.24, 2.45) is 5.92 Å². The van der Waals surface area contributed by atoms with Gasteiger partial charge >= 0.3 is 0 Å². The maximum absolute atomic E-state index is 6.18. The molecule has 23 heavy (non-hydrogen) atoms. The first kappa shape index (κ1) is 15.8. The molecule has 4 rings (SSSR count). The van der Waals surface area contributed by atoms with Crippen LogP contribution < -0.4 is 0 Å². The maximum atomic E-state index is 6.18. The molecule has 2 fully saturated rings. The Balaban J connectivity index is 1.67. The third kappa shape index (κ3) is 3.54. The smallest absolute Gasteiger partial charge is 0.119 e. The van der Waals surface area contributed by atoms with Crippen LogP contribution in [0.5, 0.6) is 0 Å². The molecule has 0 bridgehead atoms. The molecule has 1 heterocycles. The quantitative estimate of drug-likeness (QED) is 0.481. The van der Waals surface area contributed by atoms with Gasteiger partial charge in [0.15, 0.2) is 0 Å². The number of rotatable bonds is 4. The molecule has 5 heteroatoms. The van der Waals surface area contributed by atoms with Crippen molar-refractivity contribution in [2.75, 3.05) is 6.54 Å². The first-order valence-corrected chi connectivity index (χ1v) is 9.27. The maximum Gasteiger partial charge on any atom is 0.119 e. The van der Waals surface area contributed by atoms with Gasteiger partial charge in [-0.05, 0) is 54.2 Å². The minimum atomic E-state index is -0.0291. The highest BCUT2D eigenvalue weighted by molar-refractivity contribution is 7.92. The molecular weight excluding hydrogens is 349 g/mol. The van der Waals surface area contributed by atoms with E-state index < -0.39 is 0 Å². The molecule has 2 aromatic carbocycles. The molecule has 2 atom stereocenters. The van der Waals surface area contributed by atoms with Crippen molar-refractivity contribution >= 4 is 35.4 Å². The zero-order valence-electron chi connectivity index (χ0n) is 12.5. The first-order chi connectivity index (χ1) is 11.2. The second-order valence-corrected chi connectivity index (χ2v) is 7.87. The van der Waals surface area contributed by atoms with Gasteiger partial charge in [0.2, 0.25) is 0 Å². The summed E-state index contributed by atoms with van der Waals surface area (Å²) in [6.45, 7) is 1.06. The van der Waals surface area contributed by atoms with Gasteiger partial charge in [-0.2, -0.15) is 0 Å². The third-order valence-corrected chi connectivity index (χ3v) is 5.71. The Kier molecular flexibility index (Phi) is 4.57. The zero-order chi connectivity index (χ0) is 15.8. The molecular formula is C18H17Cl2NOS. The molecule has 0 aromatic heterocycles. The van der Waals surface area contributed by atoms with E-state index in [1.165, 1.54) is 30.6 Å². The van der Waals surface area contributed by atoms with Crippen LogP contribution in [0.2, 0.25) is 10.0 Å². The van der Waals surface area contributed by atoms with Crippen molar-refractivity contribution in [3.63, 3.8) is 0 Å². The molecule has 2 nitrogen and oxygen atoms in total. The molecule has 1 aliphatic heterocycles. The summed E-state index contributed by atoms with van der Waals surface area (Å²) in [5, 5.41) is 1.50. The van der Waals surface area contributed by atoms with Crippen LogP contribution in [0, 0.1) is 5.92 Å². The van der Waals surface area contributed by atoms with Crippen molar-refractivity contribution in [1.82, 2.24) is 4.31 Å². The van der Waals surface area contributed by atoms with Gasteiger partial charge in [-0.1, -0.05) is 47.5 Å². The Morgan fingerprint density at radius 1 is 1.00 bits per heavy atom. The Morgan fingerprint density at radius 2 is 1.78 bits per heavy atom. The van der Waals surface area contributed by atoms with Gasteiger partial charge < -0.3 is 0 Å². The normalized spacial score (nSPS) is 25.0. The highest BCUT2D eigenvalue weighted by Gasteiger charge is 2.41. The van der Waals surface area contributed by atoms with Crippen LogP contribution in [-0.2, 0) is 4.18 Å². The molecule has 2 aromatic rings. The number of hydrogen-bond acceptors (Lipinski definition) is 3. The fraction of sp³-hybridized carbons (Fsp3) is 0.333. The van der Waals surface area contributed by atoms with Gasteiger partial charge in [-0.15, -0.1) is 0 Å². The molecule has 0 unspecified atom stereocenters. The SMILES string of the molecule is Clc1ccc([C@@H]2[C@@H](c3cccc(Cl)c3)OSN2CC2CC2)cc1. The van der Waals surface area contributed by atoms with Crippen LogP contribution in [0.1, 0.15) is 36.1 Å². The molecule has 0 N–H and O–H groups in total. The number of hydrogen-bond donors (Lipinski definition) is 0. The number of halogens is 2. The van der Waals surface area contributed by atoms with Gasteiger partial charge in [0.25, 0.3) is 0 Å². The van der Waals surface area contributed by atoms with Crippen LogP contribution in [0.3, 0.4) is 0 Å². The van der Waals surface area contributed by atoms with Gasteiger partial charge in [0, 0.05) is 16.6 Å². The van der Waals surface area contributed by atoms with E-state index >= 15 is 0 Å². The molecule has 1 aliphatic carbocycles. The fourth-order valence-electron chi connectivity index (χ4n) is 2.97. The highest BCUT2D eigenvalue weighted by Crippen LogP contribution is 2.51. The summed E-state index contributed by atoms with van der Waals surface area (Å²) < 4.78 is 8.45. The Hall–Kier alpha value is -0.710. The van der Waals surface area contributed by atoms with E-state index in [0.29, 0.717) is 0 Å². The van der Waals surface area contributed by atoms with E-state index in [4.69, 9.17) is 27.4 Å². The van der Waals surface area contributed by atoms with E-state index in [2.05, 4.69) is 22.5 Å². The van der Waals surface area contributed by atoms with Crippen molar-refractivity contribution in [3.8, 4) is 0 Å². The van der Waals surface area contributed by atoms with Crippen LogP contribution in [0.15, 0.2) is 48.5 Å². The van der Waals surface area contributed by atoms with E-state index in [0.717, 1.165) is 28.1 Å². The zero-order valence-corrected chi connectivity index (χ0v) is 14.8. The van der Waals surface area contributed by atoms with E-state index in [-0.39, 0.29) is 12.1 Å². The highest BCUT2D eigenvalue weighted by atomic mass is 35.5. The fourth-order valence-corrected chi connectivity index (χ4v) is 4.31. The lowest BCUT2D eigenvalue weighted by molar-refractivity contribution is 0.201. The molecule has 1 saturated carbocycles. The van der Waals surface area contributed by atoms with E-state index in [1.807, 2.05) is 30.3 Å². The number of nitrogens with zero attached hydrogens (tertiary/aromatic N) is 1. The topological polar surface area (TPSA) is 12.5 Å². The van der Waals surface area contributed by atoms with E-state index in [1.54, 1.807) is 0 Å². The van der Waals surface area contributed by atoms with Crippen molar-refractivity contribution < 1.29 is 4.18 Å². The van der Waals surface area contributed by atoms with Crippen molar-refractivity contribution in [1.29, 1.82) is 0 Å². The Labute approximate surface area is 151 Å². The van der Waals surface area contributed by atoms with Crippen LogP contribution >= 0.6 is 35.4 Å². The van der Waals surface area contributed by atoms with Crippen molar-refractivity contribution in [3.05, 3.63) is 69.7 Å². The van der Waals surface area contributed by atoms with Gasteiger partial charge in [0.1, 0.15) is 6.10 Å².